The number of hydrogen-bond acceptors (Lipinski definition) is 1. The Morgan fingerprint density at radius 1 is 1.19 bits per heavy atom. The van der Waals surface area contributed by atoms with Crippen molar-refractivity contribution in [1.29, 1.82) is 0 Å². The van der Waals surface area contributed by atoms with Crippen molar-refractivity contribution in [1.82, 2.24) is 0 Å². The van der Waals surface area contributed by atoms with E-state index in [1.165, 1.54) is 5.56 Å². The minimum atomic E-state index is -0.0719. The van der Waals surface area contributed by atoms with Gasteiger partial charge in [0.1, 0.15) is 0 Å². The van der Waals surface area contributed by atoms with Gasteiger partial charge in [-0.1, -0.05) is 31.6 Å². The Bertz CT molecular complexity index is 384. The Morgan fingerprint density at radius 3 is 2.19 bits per heavy atom. The maximum Gasteiger partial charge on any atom is 0.248 e. The summed E-state index contributed by atoms with van der Waals surface area (Å²) < 4.78 is 0. The van der Waals surface area contributed by atoms with E-state index in [1.54, 1.807) is 6.08 Å². The van der Waals surface area contributed by atoms with Crippen LogP contribution in [0.5, 0.6) is 0 Å². The van der Waals surface area contributed by atoms with Gasteiger partial charge in [0.05, 0.1) is 0 Å². The van der Waals surface area contributed by atoms with Crippen molar-refractivity contribution in [3.8, 4) is 0 Å². The van der Waals surface area contributed by atoms with E-state index in [1.807, 2.05) is 38.1 Å². The molecule has 0 spiro atoms. The second-order valence-corrected chi connectivity index (χ2v) is 4.49. The van der Waals surface area contributed by atoms with Gasteiger partial charge < -0.3 is 5.32 Å². The van der Waals surface area contributed by atoms with Crippen molar-refractivity contribution in [3.05, 3.63) is 41.5 Å². The van der Waals surface area contributed by atoms with Crippen LogP contribution in [0, 0.1) is 0 Å². The second-order valence-electron chi connectivity index (χ2n) is 4.49. The number of allylic oxidation sites excluding steroid dienone is 1. The van der Waals surface area contributed by atoms with Gasteiger partial charge in [-0.05, 0) is 37.5 Å². The average Bonchev–Trinajstić information content (AvgIpc) is 2.16. The molecule has 86 valence electrons. The highest BCUT2D eigenvalue weighted by atomic mass is 16.1. The van der Waals surface area contributed by atoms with E-state index in [0.29, 0.717) is 5.92 Å². The van der Waals surface area contributed by atoms with E-state index in [0.717, 1.165) is 11.3 Å². The molecule has 0 bridgehead atoms. The average molecular weight is 217 g/mol. The van der Waals surface area contributed by atoms with Crippen LogP contribution >= 0.6 is 0 Å². The first-order valence-corrected chi connectivity index (χ1v) is 5.55. The molecule has 2 heteroatoms. The van der Waals surface area contributed by atoms with Crippen molar-refractivity contribution in [3.63, 3.8) is 0 Å². The molecule has 0 aromatic heterocycles. The predicted octanol–water partition coefficient (Wildman–Crippen LogP) is 3.71. The largest absolute Gasteiger partial charge is 0.323 e. The maximum absolute atomic E-state index is 11.5. The normalized spacial score (nSPS) is 10.1. The number of amides is 1. The third-order valence-corrected chi connectivity index (χ3v) is 2.26. The molecule has 0 aliphatic heterocycles. The zero-order chi connectivity index (χ0) is 12.1. The second kappa shape index (κ2) is 5.50. The monoisotopic (exact) mass is 217 g/mol. The zero-order valence-corrected chi connectivity index (χ0v) is 10.4. The Kier molecular flexibility index (Phi) is 4.29. The van der Waals surface area contributed by atoms with Crippen LogP contribution in [0.1, 0.15) is 39.2 Å². The van der Waals surface area contributed by atoms with Gasteiger partial charge in [0.25, 0.3) is 0 Å². The fraction of sp³-hybridized carbons (Fsp3) is 0.357. The van der Waals surface area contributed by atoms with Crippen LogP contribution in [-0.2, 0) is 4.79 Å². The number of anilines is 1. The molecule has 1 N–H and O–H groups in total. The summed E-state index contributed by atoms with van der Waals surface area (Å²) in [5.74, 6) is 0.444. The van der Waals surface area contributed by atoms with E-state index >= 15 is 0 Å². The number of carbonyl (C=O) groups is 1. The molecule has 0 fully saturated rings. The van der Waals surface area contributed by atoms with Gasteiger partial charge in [0.15, 0.2) is 0 Å². The molecule has 0 saturated carbocycles. The van der Waals surface area contributed by atoms with E-state index in [4.69, 9.17) is 0 Å². The molecule has 0 unspecified atom stereocenters. The Hall–Kier alpha value is -1.57. The summed E-state index contributed by atoms with van der Waals surface area (Å²) in [5, 5.41) is 2.82. The predicted molar refractivity (Wildman–Crippen MR) is 68.6 cm³/mol. The van der Waals surface area contributed by atoms with Crippen molar-refractivity contribution >= 4 is 11.6 Å². The standard InChI is InChI=1S/C14H19NO/c1-10(2)9-14(16)15-13-7-5-12(6-8-13)11(3)4/h5-9,11H,1-4H3,(H,15,16). The Balaban J connectivity index is 2.69. The summed E-state index contributed by atoms with van der Waals surface area (Å²) in [7, 11) is 0. The fourth-order valence-electron chi connectivity index (χ4n) is 1.39. The molecule has 1 amide bonds. The summed E-state index contributed by atoms with van der Waals surface area (Å²) in [6.45, 7) is 8.11. The lowest BCUT2D eigenvalue weighted by molar-refractivity contribution is -0.111. The highest BCUT2D eigenvalue weighted by Crippen LogP contribution is 2.17. The van der Waals surface area contributed by atoms with Crippen LogP contribution in [0.25, 0.3) is 0 Å². The molecule has 0 heterocycles. The lowest BCUT2D eigenvalue weighted by Crippen LogP contribution is -2.08. The van der Waals surface area contributed by atoms with Gasteiger partial charge in [0, 0.05) is 11.8 Å². The molecular weight excluding hydrogens is 198 g/mol. The molecule has 1 aromatic rings. The SMILES string of the molecule is CC(C)=CC(=O)Nc1ccc(C(C)C)cc1. The third kappa shape index (κ3) is 3.89. The fourth-order valence-corrected chi connectivity index (χ4v) is 1.39. The maximum atomic E-state index is 11.5. The zero-order valence-electron chi connectivity index (χ0n) is 10.4. The number of rotatable bonds is 3. The lowest BCUT2D eigenvalue weighted by atomic mass is 10.0. The summed E-state index contributed by atoms with van der Waals surface area (Å²) in [6, 6.07) is 7.96. The topological polar surface area (TPSA) is 29.1 Å². The molecule has 0 saturated heterocycles. The molecule has 2 nitrogen and oxygen atoms in total. The molecule has 0 aliphatic rings. The van der Waals surface area contributed by atoms with E-state index in [9.17, 15) is 4.79 Å². The third-order valence-electron chi connectivity index (χ3n) is 2.26. The summed E-state index contributed by atoms with van der Waals surface area (Å²) >= 11 is 0. The lowest BCUT2D eigenvalue weighted by Gasteiger charge is -2.07. The molecule has 0 atom stereocenters. The van der Waals surface area contributed by atoms with Crippen molar-refractivity contribution < 1.29 is 4.79 Å². The van der Waals surface area contributed by atoms with Crippen molar-refractivity contribution in [2.24, 2.45) is 0 Å². The van der Waals surface area contributed by atoms with Gasteiger partial charge in [-0.15, -0.1) is 0 Å². The molecule has 0 aliphatic carbocycles. The van der Waals surface area contributed by atoms with Crippen LogP contribution in [0.15, 0.2) is 35.9 Å². The molecule has 0 radical (unpaired) electrons. The van der Waals surface area contributed by atoms with Crippen LogP contribution in [0.2, 0.25) is 0 Å². The summed E-state index contributed by atoms with van der Waals surface area (Å²) in [6.07, 6.45) is 1.59. The van der Waals surface area contributed by atoms with Crippen LogP contribution in [0.3, 0.4) is 0 Å². The van der Waals surface area contributed by atoms with Gasteiger partial charge in [0.2, 0.25) is 5.91 Å². The van der Waals surface area contributed by atoms with E-state index in [-0.39, 0.29) is 5.91 Å². The smallest absolute Gasteiger partial charge is 0.248 e. The van der Waals surface area contributed by atoms with Gasteiger partial charge in [-0.3, -0.25) is 4.79 Å². The Labute approximate surface area is 97.4 Å². The van der Waals surface area contributed by atoms with Crippen molar-refractivity contribution in [2.75, 3.05) is 5.32 Å². The number of benzene rings is 1. The Morgan fingerprint density at radius 2 is 1.75 bits per heavy atom. The first kappa shape index (κ1) is 12.5. The van der Waals surface area contributed by atoms with Crippen LogP contribution in [0.4, 0.5) is 5.69 Å². The van der Waals surface area contributed by atoms with Crippen LogP contribution < -0.4 is 5.32 Å². The summed E-state index contributed by atoms with van der Waals surface area (Å²) in [5.41, 5.74) is 3.11. The van der Waals surface area contributed by atoms with Gasteiger partial charge >= 0.3 is 0 Å². The first-order valence-electron chi connectivity index (χ1n) is 5.55. The minimum Gasteiger partial charge on any atom is -0.323 e. The molecule has 1 rings (SSSR count). The van der Waals surface area contributed by atoms with Crippen molar-refractivity contribution in [2.45, 2.75) is 33.6 Å². The quantitative estimate of drug-likeness (QED) is 0.768. The van der Waals surface area contributed by atoms with Crippen LogP contribution in [-0.4, -0.2) is 5.91 Å². The molecular formula is C14H19NO. The number of hydrogen-bond donors (Lipinski definition) is 1. The minimum absolute atomic E-state index is 0.0719. The number of nitrogens with one attached hydrogen (secondary N) is 1. The first-order chi connectivity index (χ1) is 7.49. The van der Waals surface area contributed by atoms with E-state index < -0.39 is 0 Å². The number of carbonyl (C=O) groups excluding carboxylic acids is 1. The highest BCUT2D eigenvalue weighted by Gasteiger charge is 2.00. The molecule has 16 heavy (non-hydrogen) atoms. The highest BCUT2D eigenvalue weighted by molar-refractivity contribution is 5.99. The van der Waals surface area contributed by atoms with E-state index in [2.05, 4.69) is 19.2 Å². The molecule has 1 aromatic carbocycles. The van der Waals surface area contributed by atoms with Gasteiger partial charge in [-0.25, -0.2) is 0 Å². The van der Waals surface area contributed by atoms with Gasteiger partial charge in [-0.2, -0.15) is 0 Å². The summed E-state index contributed by atoms with van der Waals surface area (Å²) in [4.78, 5) is 11.5.